The molecular weight excluding hydrogens is 185 g/mol. The molecule has 0 aliphatic carbocycles. The molecule has 0 radical (unpaired) electrons. The Hall–Kier alpha value is -1.17. The van der Waals surface area contributed by atoms with Crippen LogP contribution in [0.4, 0.5) is 3.89 Å². The molecule has 6 heteroatoms. The summed E-state index contributed by atoms with van der Waals surface area (Å²) in [6, 6.07) is 1.06. The second-order valence-corrected chi connectivity index (χ2v) is 3.35. The fourth-order valence-electron chi connectivity index (χ4n) is 0.644. The third-order valence-electron chi connectivity index (χ3n) is 1.21. The van der Waals surface area contributed by atoms with Gasteiger partial charge in [0.25, 0.3) is 0 Å². The Morgan fingerprint density at radius 2 is 2.17 bits per heavy atom. The van der Waals surface area contributed by atoms with Crippen LogP contribution in [0.2, 0.25) is 0 Å². The van der Waals surface area contributed by atoms with Gasteiger partial charge in [-0.1, -0.05) is 0 Å². The zero-order valence-electron chi connectivity index (χ0n) is 6.19. The first kappa shape index (κ1) is 8.92. The van der Waals surface area contributed by atoms with E-state index < -0.39 is 15.1 Å². The molecule has 0 aliphatic heterocycles. The molecule has 0 aliphatic rings. The predicted molar refractivity (Wildman–Crippen MR) is 39.1 cm³/mol. The molecule has 0 fully saturated rings. The number of aromatic nitrogens is 1. The number of pyridine rings is 1. The van der Waals surface area contributed by atoms with E-state index in [1.54, 1.807) is 0 Å². The van der Waals surface area contributed by atoms with Gasteiger partial charge in [-0.2, -0.15) is 8.42 Å². The Morgan fingerprint density at radius 3 is 2.67 bits per heavy atom. The van der Waals surface area contributed by atoms with Crippen LogP contribution in [0.1, 0.15) is 0 Å². The van der Waals surface area contributed by atoms with Crippen molar-refractivity contribution in [2.24, 2.45) is 0 Å². The molecule has 0 saturated heterocycles. The van der Waals surface area contributed by atoms with E-state index in [0.29, 0.717) is 0 Å². The standard InChI is InChI=1S/C6H6FNO3S/c1-11-5-2-6(4-8-3-5)12(7,9)10/h2-4H,1H3. The van der Waals surface area contributed by atoms with Gasteiger partial charge >= 0.3 is 10.2 Å². The van der Waals surface area contributed by atoms with Crippen LogP contribution in [0, 0.1) is 0 Å². The Balaban J connectivity index is 3.20. The topological polar surface area (TPSA) is 56.3 Å². The highest BCUT2D eigenvalue weighted by Gasteiger charge is 2.12. The second-order valence-electron chi connectivity index (χ2n) is 2.00. The van der Waals surface area contributed by atoms with Gasteiger partial charge in [-0.05, 0) is 0 Å². The van der Waals surface area contributed by atoms with E-state index in [9.17, 15) is 12.3 Å². The number of halogens is 1. The molecule has 0 aromatic carbocycles. The van der Waals surface area contributed by atoms with Crippen molar-refractivity contribution < 1.29 is 17.0 Å². The SMILES string of the molecule is COc1cncc(S(=O)(=O)F)c1. The number of hydrogen-bond donors (Lipinski definition) is 0. The minimum absolute atomic E-state index is 0.203. The smallest absolute Gasteiger partial charge is 0.333 e. The summed E-state index contributed by atoms with van der Waals surface area (Å²) in [6.45, 7) is 0. The second kappa shape index (κ2) is 3.06. The molecule has 0 bridgehead atoms. The van der Waals surface area contributed by atoms with Crippen molar-refractivity contribution in [1.82, 2.24) is 4.98 Å². The van der Waals surface area contributed by atoms with Crippen molar-refractivity contribution in [3.05, 3.63) is 18.5 Å². The van der Waals surface area contributed by atoms with E-state index >= 15 is 0 Å². The van der Waals surface area contributed by atoms with Gasteiger partial charge in [-0.25, -0.2) is 0 Å². The summed E-state index contributed by atoms with van der Waals surface area (Å²) in [5.41, 5.74) is 0. The van der Waals surface area contributed by atoms with Gasteiger partial charge in [-0.3, -0.25) is 4.98 Å². The highest BCUT2D eigenvalue weighted by Crippen LogP contribution is 2.16. The van der Waals surface area contributed by atoms with Gasteiger partial charge in [0.2, 0.25) is 0 Å². The first-order chi connectivity index (χ1) is 5.54. The first-order valence-electron chi connectivity index (χ1n) is 2.98. The van der Waals surface area contributed by atoms with Gasteiger partial charge in [0.1, 0.15) is 10.6 Å². The maximum absolute atomic E-state index is 12.3. The first-order valence-corrected chi connectivity index (χ1v) is 4.36. The summed E-state index contributed by atoms with van der Waals surface area (Å²) in [5, 5.41) is 0. The maximum Gasteiger partial charge on any atom is 0.333 e. The van der Waals surface area contributed by atoms with Crippen molar-refractivity contribution >= 4 is 10.2 Å². The van der Waals surface area contributed by atoms with E-state index in [2.05, 4.69) is 9.72 Å². The van der Waals surface area contributed by atoms with E-state index in [-0.39, 0.29) is 5.75 Å². The lowest BCUT2D eigenvalue weighted by Gasteiger charge is -1.98. The largest absolute Gasteiger partial charge is 0.495 e. The molecule has 66 valence electrons. The summed E-state index contributed by atoms with van der Waals surface area (Å²) >= 11 is 0. The van der Waals surface area contributed by atoms with E-state index in [1.165, 1.54) is 13.3 Å². The van der Waals surface area contributed by atoms with Gasteiger partial charge in [0.05, 0.1) is 13.3 Å². The zero-order valence-corrected chi connectivity index (χ0v) is 7.01. The molecule has 0 N–H and O–H groups in total. The van der Waals surface area contributed by atoms with Crippen molar-refractivity contribution in [3.63, 3.8) is 0 Å². The number of nitrogens with zero attached hydrogens (tertiary/aromatic N) is 1. The van der Waals surface area contributed by atoms with Crippen molar-refractivity contribution in [2.75, 3.05) is 7.11 Å². The number of rotatable bonds is 2. The highest BCUT2D eigenvalue weighted by atomic mass is 32.3. The van der Waals surface area contributed by atoms with Gasteiger partial charge in [0, 0.05) is 12.3 Å². The Labute approximate surface area is 69.2 Å². The molecule has 1 rings (SSSR count). The van der Waals surface area contributed by atoms with Gasteiger partial charge in [0.15, 0.2) is 0 Å². The van der Waals surface area contributed by atoms with Crippen LogP contribution in [0.25, 0.3) is 0 Å². The molecule has 0 amide bonds. The molecule has 1 aromatic rings. The Bertz CT molecular complexity index is 376. The zero-order chi connectivity index (χ0) is 9.19. The fourth-order valence-corrected chi connectivity index (χ4v) is 1.09. The van der Waals surface area contributed by atoms with Crippen LogP contribution in [0.3, 0.4) is 0 Å². The quantitative estimate of drug-likeness (QED) is 0.647. The third-order valence-corrected chi connectivity index (χ3v) is 1.99. The summed E-state index contributed by atoms with van der Waals surface area (Å²) in [4.78, 5) is 2.98. The number of hydrogen-bond acceptors (Lipinski definition) is 4. The third kappa shape index (κ3) is 1.91. The van der Waals surface area contributed by atoms with Crippen LogP contribution in [0.5, 0.6) is 5.75 Å². The van der Waals surface area contributed by atoms with Crippen LogP contribution in [-0.4, -0.2) is 20.5 Å². The molecule has 4 nitrogen and oxygen atoms in total. The van der Waals surface area contributed by atoms with Crippen LogP contribution < -0.4 is 4.74 Å². The molecule has 0 saturated carbocycles. The molecule has 1 aromatic heterocycles. The average molecular weight is 191 g/mol. The normalized spacial score (nSPS) is 11.2. The van der Waals surface area contributed by atoms with Gasteiger partial charge in [-0.15, -0.1) is 3.89 Å². The van der Waals surface area contributed by atoms with Crippen LogP contribution in [0.15, 0.2) is 23.4 Å². The van der Waals surface area contributed by atoms with Crippen molar-refractivity contribution in [2.45, 2.75) is 4.90 Å². The van der Waals surface area contributed by atoms with Gasteiger partial charge < -0.3 is 4.74 Å². The lowest BCUT2D eigenvalue weighted by molar-refractivity contribution is 0.411. The molecule has 12 heavy (non-hydrogen) atoms. The van der Waals surface area contributed by atoms with Crippen LogP contribution >= 0.6 is 0 Å². The Kier molecular flexibility index (Phi) is 2.27. The molecule has 0 atom stereocenters. The van der Waals surface area contributed by atoms with Crippen molar-refractivity contribution in [3.8, 4) is 5.75 Å². The monoisotopic (exact) mass is 191 g/mol. The number of methoxy groups -OCH3 is 1. The van der Waals surface area contributed by atoms with Crippen molar-refractivity contribution in [1.29, 1.82) is 0 Å². The summed E-state index contributed by atoms with van der Waals surface area (Å²) in [7, 11) is -3.34. The summed E-state index contributed by atoms with van der Waals surface area (Å²) in [6.07, 6.45) is 2.20. The molecule has 1 heterocycles. The lowest BCUT2D eigenvalue weighted by atomic mass is 10.5. The van der Waals surface area contributed by atoms with E-state index in [0.717, 1.165) is 12.3 Å². The highest BCUT2D eigenvalue weighted by molar-refractivity contribution is 7.86. The minimum atomic E-state index is -4.68. The lowest BCUT2D eigenvalue weighted by Crippen LogP contribution is -1.94. The molecule has 0 unspecified atom stereocenters. The fraction of sp³-hybridized carbons (Fsp3) is 0.167. The predicted octanol–water partition coefficient (Wildman–Crippen LogP) is 0.748. The minimum Gasteiger partial charge on any atom is -0.495 e. The molecule has 0 spiro atoms. The Morgan fingerprint density at radius 1 is 1.50 bits per heavy atom. The van der Waals surface area contributed by atoms with E-state index in [4.69, 9.17) is 0 Å². The van der Waals surface area contributed by atoms with E-state index in [1.807, 2.05) is 0 Å². The maximum atomic E-state index is 12.3. The van der Waals surface area contributed by atoms with Crippen LogP contribution in [-0.2, 0) is 10.2 Å². The summed E-state index contributed by atoms with van der Waals surface area (Å²) in [5.74, 6) is 0.203. The average Bonchev–Trinajstić information content (AvgIpc) is 2.03. The molecular formula is C6H6FNO3S. The summed E-state index contributed by atoms with van der Waals surface area (Å²) < 4.78 is 37.6. The number of ether oxygens (including phenoxy) is 1.